The Bertz CT molecular complexity index is 977. The summed E-state index contributed by atoms with van der Waals surface area (Å²) in [6, 6.07) is 22.5. The Hall–Kier alpha value is -2.85. The van der Waals surface area contributed by atoms with Gasteiger partial charge in [-0.25, -0.2) is 0 Å². The molecule has 0 fully saturated rings. The lowest BCUT2D eigenvalue weighted by Gasteiger charge is -2.19. The van der Waals surface area contributed by atoms with Gasteiger partial charge in [0.25, 0.3) is 5.91 Å². The van der Waals surface area contributed by atoms with Crippen molar-refractivity contribution < 1.29 is 9.59 Å². The fourth-order valence-electron chi connectivity index (χ4n) is 3.42. The van der Waals surface area contributed by atoms with Gasteiger partial charge >= 0.3 is 0 Å². The normalized spacial score (nSPS) is 11.7. The van der Waals surface area contributed by atoms with Crippen LogP contribution in [0.2, 0.25) is 0 Å². The zero-order valence-electron chi connectivity index (χ0n) is 16.9. The van der Waals surface area contributed by atoms with Crippen molar-refractivity contribution in [2.75, 3.05) is 0 Å². The molecule has 148 valence electrons. The van der Waals surface area contributed by atoms with Crippen LogP contribution in [0.1, 0.15) is 45.1 Å². The van der Waals surface area contributed by atoms with Gasteiger partial charge in [0.2, 0.25) is 0 Å². The van der Waals surface area contributed by atoms with Crippen LogP contribution in [0, 0.1) is 20.8 Å². The van der Waals surface area contributed by atoms with Crippen LogP contribution in [0.25, 0.3) is 0 Å². The first-order chi connectivity index (χ1) is 13.9. The monoisotopic (exact) mass is 403 g/mol. The van der Waals surface area contributed by atoms with E-state index in [9.17, 15) is 9.59 Å². The molecule has 3 aromatic rings. The summed E-state index contributed by atoms with van der Waals surface area (Å²) < 4.78 is 0. The molecule has 0 aliphatic carbocycles. The lowest BCUT2D eigenvalue weighted by atomic mass is 10.0. The van der Waals surface area contributed by atoms with Crippen molar-refractivity contribution >= 4 is 22.8 Å². The molecule has 3 nitrogen and oxygen atoms in total. The van der Waals surface area contributed by atoms with Crippen LogP contribution in [-0.4, -0.2) is 11.0 Å². The largest absolute Gasteiger partial charge is 0.345 e. The first kappa shape index (κ1) is 20.9. The first-order valence-electron chi connectivity index (χ1n) is 9.63. The zero-order chi connectivity index (χ0) is 20.8. The highest BCUT2D eigenvalue weighted by molar-refractivity contribution is 8.13. The molecule has 0 aromatic heterocycles. The number of rotatable bonds is 6. The van der Waals surface area contributed by atoms with Gasteiger partial charge in [0.15, 0.2) is 5.12 Å². The molecule has 1 amide bonds. The molecule has 3 rings (SSSR count). The summed E-state index contributed by atoms with van der Waals surface area (Å²) in [6.45, 7) is 6.11. The Balaban J connectivity index is 1.78. The number of aryl methyl sites for hydroxylation is 3. The van der Waals surface area contributed by atoms with Crippen LogP contribution in [0.15, 0.2) is 77.7 Å². The standard InChI is InChI=1S/C25H25NO2S/c1-17-14-18(2)24(19(3)15-17)29-23(27)16-22(20-10-6-4-7-11-20)26-25(28)21-12-8-5-9-13-21/h4-15,22H,16H2,1-3H3,(H,26,28)/t22-/m1/s1. The molecular formula is C25H25NO2S. The van der Waals surface area contributed by atoms with Crippen LogP contribution in [0.4, 0.5) is 0 Å². The van der Waals surface area contributed by atoms with Crippen molar-refractivity contribution in [2.24, 2.45) is 0 Å². The molecule has 4 heteroatoms. The van der Waals surface area contributed by atoms with Crippen LogP contribution >= 0.6 is 11.8 Å². The van der Waals surface area contributed by atoms with Gasteiger partial charge in [0, 0.05) is 16.9 Å². The Morgan fingerprint density at radius 1 is 0.862 bits per heavy atom. The SMILES string of the molecule is Cc1cc(C)c(SC(=O)C[C@@H](NC(=O)c2ccccc2)c2ccccc2)c(C)c1. The summed E-state index contributed by atoms with van der Waals surface area (Å²) in [6.07, 6.45) is 0.222. The molecule has 29 heavy (non-hydrogen) atoms. The van der Waals surface area contributed by atoms with Crippen LogP contribution in [-0.2, 0) is 4.79 Å². The summed E-state index contributed by atoms with van der Waals surface area (Å²) in [4.78, 5) is 26.6. The number of hydrogen-bond acceptors (Lipinski definition) is 3. The number of carbonyl (C=O) groups excluding carboxylic acids is 2. The maximum absolute atomic E-state index is 12.9. The van der Waals surface area contributed by atoms with Crippen molar-refractivity contribution in [3.63, 3.8) is 0 Å². The predicted octanol–water partition coefficient (Wildman–Crippen LogP) is 5.79. The van der Waals surface area contributed by atoms with Crippen molar-refractivity contribution in [2.45, 2.75) is 38.1 Å². The minimum absolute atomic E-state index is 0.0299. The van der Waals surface area contributed by atoms with E-state index in [1.165, 1.54) is 17.3 Å². The topological polar surface area (TPSA) is 46.2 Å². The van der Waals surface area contributed by atoms with Crippen molar-refractivity contribution in [3.8, 4) is 0 Å². The lowest BCUT2D eigenvalue weighted by molar-refractivity contribution is -0.111. The van der Waals surface area contributed by atoms with E-state index in [4.69, 9.17) is 0 Å². The molecule has 0 radical (unpaired) electrons. The van der Waals surface area contributed by atoms with E-state index in [0.717, 1.165) is 21.6 Å². The van der Waals surface area contributed by atoms with Crippen molar-refractivity contribution in [1.82, 2.24) is 5.32 Å². The fourth-order valence-corrected chi connectivity index (χ4v) is 4.34. The summed E-state index contributed by atoms with van der Waals surface area (Å²) in [5.41, 5.74) is 4.90. The van der Waals surface area contributed by atoms with E-state index >= 15 is 0 Å². The smallest absolute Gasteiger partial charge is 0.251 e. The molecule has 0 saturated heterocycles. The van der Waals surface area contributed by atoms with Gasteiger partial charge in [0.1, 0.15) is 0 Å². The third kappa shape index (κ3) is 5.58. The maximum Gasteiger partial charge on any atom is 0.251 e. The predicted molar refractivity (Wildman–Crippen MR) is 119 cm³/mol. The van der Waals surface area contributed by atoms with E-state index in [-0.39, 0.29) is 23.5 Å². The second-order valence-electron chi connectivity index (χ2n) is 7.21. The minimum Gasteiger partial charge on any atom is -0.345 e. The Morgan fingerprint density at radius 2 is 1.41 bits per heavy atom. The van der Waals surface area contributed by atoms with Gasteiger partial charge in [-0.2, -0.15) is 0 Å². The molecule has 0 heterocycles. The zero-order valence-corrected chi connectivity index (χ0v) is 17.8. The van der Waals surface area contributed by atoms with E-state index in [1.54, 1.807) is 12.1 Å². The number of amides is 1. The van der Waals surface area contributed by atoms with Gasteiger partial charge in [-0.15, -0.1) is 0 Å². The lowest BCUT2D eigenvalue weighted by Crippen LogP contribution is -2.29. The van der Waals surface area contributed by atoms with E-state index < -0.39 is 0 Å². The van der Waals surface area contributed by atoms with E-state index in [1.807, 2.05) is 62.4 Å². The third-order valence-corrected chi connectivity index (χ3v) is 5.98. The van der Waals surface area contributed by atoms with Gasteiger partial charge in [-0.1, -0.05) is 78.0 Å². The summed E-state index contributed by atoms with van der Waals surface area (Å²) in [7, 11) is 0. The molecule has 0 aliphatic heterocycles. The quantitative estimate of drug-likeness (QED) is 0.530. The first-order valence-corrected chi connectivity index (χ1v) is 10.4. The van der Waals surface area contributed by atoms with E-state index in [0.29, 0.717) is 5.56 Å². The van der Waals surface area contributed by atoms with Gasteiger partial charge in [-0.05, 0) is 49.6 Å². The van der Waals surface area contributed by atoms with Gasteiger partial charge in [-0.3, -0.25) is 9.59 Å². The molecule has 0 aliphatic rings. The number of thioether (sulfide) groups is 1. The maximum atomic E-state index is 12.9. The molecule has 0 bridgehead atoms. The average Bonchev–Trinajstić information content (AvgIpc) is 2.71. The molecular weight excluding hydrogens is 378 g/mol. The van der Waals surface area contributed by atoms with Crippen LogP contribution in [0.3, 0.4) is 0 Å². The molecule has 1 atom stereocenters. The average molecular weight is 404 g/mol. The molecule has 0 unspecified atom stereocenters. The Morgan fingerprint density at radius 3 is 2.00 bits per heavy atom. The summed E-state index contributed by atoms with van der Waals surface area (Å²) >= 11 is 1.26. The van der Waals surface area contributed by atoms with Crippen molar-refractivity contribution in [1.29, 1.82) is 0 Å². The van der Waals surface area contributed by atoms with Crippen molar-refractivity contribution in [3.05, 3.63) is 101 Å². The van der Waals surface area contributed by atoms with Gasteiger partial charge < -0.3 is 5.32 Å². The second-order valence-corrected chi connectivity index (χ2v) is 8.28. The highest BCUT2D eigenvalue weighted by Crippen LogP contribution is 2.31. The summed E-state index contributed by atoms with van der Waals surface area (Å²) in [5, 5.41) is 3.06. The number of carbonyl (C=O) groups is 2. The highest BCUT2D eigenvalue weighted by atomic mass is 32.2. The molecule has 3 aromatic carbocycles. The summed E-state index contributed by atoms with van der Waals surface area (Å²) in [5.74, 6) is -0.181. The molecule has 0 saturated carbocycles. The Labute approximate surface area is 176 Å². The molecule has 0 spiro atoms. The van der Waals surface area contributed by atoms with Gasteiger partial charge in [0.05, 0.1) is 6.04 Å². The van der Waals surface area contributed by atoms with Crippen LogP contribution < -0.4 is 5.32 Å². The Kier molecular flexibility index (Phi) is 6.89. The highest BCUT2D eigenvalue weighted by Gasteiger charge is 2.21. The van der Waals surface area contributed by atoms with Crippen LogP contribution in [0.5, 0.6) is 0 Å². The fraction of sp³-hybridized carbons (Fsp3) is 0.200. The third-order valence-electron chi connectivity index (χ3n) is 4.73. The number of hydrogen-bond donors (Lipinski definition) is 1. The number of benzene rings is 3. The minimum atomic E-state index is -0.380. The second kappa shape index (κ2) is 9.57. The molecule has 1 N–H and O–H groups in total. The van der Waals surface area contributed by atoms with E-state index in [2.05, 4.69) is 24.4 Å². The number of nitrogens with one attached hydrogen (secondary N) is 1.